The van der Waals surface area contributed by atoms with Gasteiger partial charge in [-0.25, -0.2) is 0 Å². The molecule has 5 heteroatoms. The van der Waals surface area contributed by atoms with E-state index in [1.807, 2.05) is 13.8 Å². The molecule has 0 aliphatic heterocycles. The molecule has 2 unspecified atom stereocenters. The van der Waals surface area contributed by atoms with Crippen LogP contribution in [0.5, 0.6) is 0 Å². The van der Waals surface area contributed by atoms with E-state index in [9.17, 15) is 13.2 Å². The first-order chi connectivity index (χ1) is 8.62. The van der Waals surface area contributed by atoms with E-state index >= 15 is 0 Å². The van der Waals surface area contributed by atoms with Crippen molar-refractivity contribution in [2.45, 2.75) is 59.2 Å². The van der Waals surface area contributed by atoms with Gasteiger partial charge in [-0.05, 0) is 43.6 Å². The van der Waals surface area contributed by atoms with Gasteiger partial charge in [0.2, 0.25) is 0 Å². The molecule has 0 radical (unpaired) electrons. The smallest absolute Gasteiger partial charge is 0.385 e. The van der Waals surface area contributed by atoms with E-state index in [0.29, 0.717) is 11.6 Å². The lowest BCUT2D eigenvalue weighted by Gasteiger charge is -2.23. The lowest BCUT2D eigenvalue weighted by molar-refractivity contribution is -0.0590. The number of halogens is 3. The highest BCUT2D eigenvalue weighted by atomic mass is 19.4. The summed E-state index contributed by atoms with van der Waals surface area (Å²) in [6.07, 6.45) is -1.49. The first-order valence-corrected chi connectivity index (χ1v) is 6.76. The van der Waals surface area contributed by atoms with Gasteiger partial charge >= 0.3 is 6.18 Å². The van der Waals surface area contributed by atoms with Crippen molar-refractivity contribution in [3.63, 3.8) is 0 Å². The summed E-state index contributed by atoms with van der Waals surface area (Å²) in [7, 11) is 0. The Morgan fingerprint density at radius 2 is 1.84 bits per heavy atom. The Balaban J connectivity index is 2.90. The van der Waals surface area contributed by atoms with Crippen molar-refractivity contribution in [2.75, 3.05) is 0 Å². The maximum atomic E-state index is 12.6. The summed E-state index contributed by atoms with van der Waals surface area (Å²) in [4.78, 5) is 0. The van der Waals surface area contributed by atoms with Gasteiger partial charge in [0.1, 0.15) is 5.71 Å². The third-order valence-corrected chi connectivity index (χ3v) is 3.69. The van der Waals surface area contributed by atoms with Gasteiger partial charge in [0.15, 0.2) is 0 Å². The van der Waals surface area contributed by atoms with E-state index in [2.05, 4.69) is 12.2 Å². The molecule has 19 heavy (non-hydrogen) atoms. The van der Waals surface area contributed by atoms with Crippen molar-refractivity contribution in [3.05, 3.63) is 11.3 Å². The van der Waals surface area contributed by atoms with Gasteiger partial charge < -0.3 is 5.32 Å². The fourth-order valence-corrected chi connectivity index (χ4v) is 2.61. The highest BCUT2D eigenvalue weighted by Crippen LogP contribution is 2.28. The van der Waals surface area contributed by atoms with Crippen molar-refractivity contribution >= 4 is 5.71 Å². The zero-order chi connectivity index (χ0) is 14.8. The summed E-state index contributed by atoms with van der Waals surface area (Å²) in [5.74, 6) is 0.576. The van der Waals surface area contributed by atoms with Gasteiger partial charge in [0.25, 0.3) is 0 Å². The molecule has 2 N–H and O–H groups in total. The van der Waals surface area contributed by atoms with Gasteiger partial charge in [-0.3, -0.25) is 5.41 Å². The second kappa shape index (κ2) is 5.97. The molecule has 0 bridgehead atoms. The molecule has 0 saturated heterocycles. The van der Waals surface area contributed by atoms with E-state index in [1.54, 1.807) is 0 Å². The van der Waals surface area contributed by atoms with Gasteiger partial charge in [0, 0.05) is 11.7 Å². The van der Waals surface area contributed by atoms with Crippen LogP contribution in [0.15, 0.2) is 11.3 Å². The number of hydrogen-bond donors (Lipinski definition) is 2. The topological polar surface area (TPSA) is 35.9 Å². The van der Waals surface area contributed by atoms with Crippen LogP contribution in [0.3, 0.4) is 0 Å². The average molecular weight is 276 g/mol. The monoisotopic (exact) mass is 276 g/mol. The van der Waals surface area contributed by atoms with E-state index in [4.69, 9.17) is 5.41 Å². The molecular weight excluding hydrogens is 253 g/mol. The Morgan fingerprint density at radius 3 is 2.21 bits per heavy atom. The molecule has 0 amide bonds. The first kappa shape index (κ1) is 16.1. The normalized spacial score (nSPS) is 25.5. The molecule has 2 atom stereocenters. The highest BCUT2D eigenvalue weighted by molar-refractivity contribution is 6.01. The first-order valence-electron chi connectivity index (χ1n) is 6.76. The van der Waals surface area contributed by atoms with Crippen LogP contribution in [0.4, 0.5) is 13.2 Å². The van der Waals surface area contributed by atoms with Crippen molar-refractivity contribution < 1.29 is 13.2 Å². The Hall–Kier alpha value is -1.00. The lowest BCUT2D eigenvalue weighted by Crippen LogP contribution is -2.33. The van der Waals surface area contributed by atoms with Crippen molar-refractivity contribution in [1.29, 1.82) is 5.41 Å². The molecule has 0 aromatic heterocycles. The molecule has 1 saturated carbocycles. The van der Waals surface area contributed by atoms with E-state index in [1.165, 1.54) is 6.92 Å². The third-order valence-electron chi connectivity index (χ3n) is 3.69. The summed E-state index contributed by atoms with van der Waals surface area (Å²) in [5, 5.41) is 10.5. The summed E-state index contributed by atoms with van der Waals surface area (Å²) in [5.41, 5.74) is -0.668. The van der Waals surface area contributed by atoms with Crippen molar-refractivity contribution in [2.24, 2.45) is 11.8 Å². The Kier molecular flexibility index (Phi) is 5.04. The summed E-state index contributed by atoms with van der Waals surface area (Å²) in [6.45, 7) is 7.25. The number of alkyl halides is 3. The van der Waals surface area contributed by atoms with Gasteiger partial charge in [-0.1, -0.05) is 20.8 Å². The minimum atomic E-state index is -4.57. The second-order valence-electron chi connectivity index (χ2n) is 5.83. The Bertz CT molecular complexity index is 369. The highest BCUT2D eigenvalue weighted by Gasteiger charge is 2.37. The standard InChI is InChI=1S/C14H23F3N2/c1-8(2)12(10(4)13(18)14(15,16)17)19-11-6-5-9(3)7-11/h8-9,11,18-19H,5-7H2,1-4H3/b12-10-,18-13?. The Labute approximate surface area is 113 Å². The molecule has 1 rings (SSSR count). The molecule has 0 spiro atoms. The van der Waals surface area contributed by atoms with Gasteiger partial charge in [-0.15, -0.1) is 0 Å². The Morgan fingerprint density at radius 1 is 1.26 bits per heavy atom. The molecule has 0 aromatic carbocycles. The number of nitrogens with one attached hydrogen (secondary N) is 2. The quantitative estimate of drug-likeness (QED) is 0.739. The van der Waals surface area contributed by atoms with E-state index in [-0.39, 0.29) is 17.5 Å². The van der Waals surface area contributed by atoms with Crippen molar-refractivity contribution in [1.82, 2.24) is 5.32 Å². The molecule has 1 aliphatic rings. The zero-order valence-corrected chi connectivity index (χ0v) is 12.0. The summed E-state index contributed by atoms with van der Waals surface area (Å²) >= 11 is 0. The predicted molar refractivity (Wildman–Crippen MR) is 71.3 cm³/mol. The van der Waals surface area contributed by atoms with E-state index < -0.39 is 11.9 Å². The zero-order valence-electron chi connectivity index (χ0n) is 12.0. The number of rotatable bonds is 4. The minimum Gasteiger partial charge on any atom is -0.385 e. The molecule has 1 fully saturated rings. The lowest BCUT2D eigenvalue weighted by atomic mass is 10.00. The second-order valence-corrected chi connectivity index (χ2v) is 5.83. The molecule has 110 valence electrons. The SMILES string of the molecule is C/C(C(=N)C(F)(F)F)=C(/NC1CCC(C)C1)C(C)C. The maximum Gasteiger partial charge on any atom is 0.432 e. The number of allylic oxidation sites excluding steroid dienone is 2. The predicted octanol–water partition coefficient (Wildman–Crippen LogP) is 4.28. The fourth-order valence-electron chi connectivity index (χ4n) is 2.61. The van der Waals surface area contributed by atoms with Crippen LogP contribution in [-0.2, 0) is 0 Å². The maximum absolute atomic E-state index is 12.6. The third kappa shape index (κ3) is 4.25. The summed E-state index contributed by atoms with van der Waals surface area (Å²) < 4.78 is 37.8. The average Bonchev–Trinajstić information content (AvgIpc) is 2.68. The molecule has 0 heterocycles. The molecular formula is C14H23F3N2. The molecule has 0 aromatic rings. The van der Waals surface area contributed by atoms with Crippen LogP contribution in [0.25, 0.3) is 0 Å². The van der Waals surface area contributed by atoms with Gasteiger partial charge in [-0.2, -0.15) is 13.2 Å². The van der Waals surface area contributed by atoms with Gasteiger partial charge in [0.05, 0.1) is 0 Å². The van der Waals surface area contributed by atoms with E-state index in [0.717, 1.165) is 19.3 Å². The van der Waals surface area contributed by atoms with Crippen molar-refractivity contribution in [3.8, 4) is 0 Å². The molecule has 2 nitrogen and oxygen atoms in total. The fraction of sp³-hybridized carbons (Fsp3) is 0.786. The van der Waals surface area contributed by atoms with Crippen LogP contribution in [0.1, 0.15) is 47.0 Å². The van der Waals surface area contributed by atoms with Crippen LogP contribution in [0, 0.1) is 17.2 Å². The molecule has 1 aliphatic carbocycles. The van der Waals surface area contributed by atoms with Crippen LogP contribution in [-0.4, -0.2) is 17.9 Å². The number of hydrogen-bond acceptors (Lipinski definition) is 2. The van der Waals surface area contributed by atoms with Crippen LogP contribution >= 0.6 is 0 Å². The van der Waals surface area contributed by atoms with Crippen LogP contribution < -0.4 is 5.32 Å². The van der Waals surface area contributed by atoms with Crippen LogP contribution in [0.2, 0.25) is 0 Å². The summed E-state index contributed by atoms with van der Waals surface area (Å²) in [6, 6.07) is 0.239. The minimum absolute atomic E-state index is 0.0158. The largest absolute Gasteiger partial charge is 0.432 e.